The van der Waals surface area contributed by atoms with Crippen molar-refractivity contribution in [2.45, 2.75) is 12.6 Å². The Kier molecular flexibility index (Phi) is 3.57. The second-order valence-electron chi connectivity index (χ2n) is 2.99. The fraction of sp³-hybridized carbons (Fsp3) is 0.222. The van der Waals surface area contributed by atoms with Crippen LogP contribution in [0.4, 0.5) is 13.2 Å². The molecule has 0 radical (unpaired) electrons. The molecule has 0 aliphatic carbocycles. The molecule has 0 unspecified atom stereocenters. The highest BCUT2D eigenvalue weighted by molar-refractivity contribution is 7.80. The summed E-state index contributed by atoms with van der Waals surface area (Å²) in [5, 5.41) is 0.0241. The first-order chi connectivity index (χ1) is 6.79. The van der Waals surface area contributed by atoms with Crippen molar-refractivity contribution < 1.29 is 13.2 Å². The molecule has 2 N–H and O–H groups in total. The van der Waals surface area contributed by atoms with E-state index >= 15 is 0 Å². The van der Waals surface area contributed by atoms with Crippen LogP contribution in [-0.2, 0) is 12.6 Å². The van der Waals surface area contributed by atoms with Gasteiger partial charge >= 0.3 is 6.18 Å². The fourth-order valence-electron chi connectivity index (χ4n) is 1.12. The number of hydrogen-bond acceptors (Lipinski definition) is 1. The number of nitrogens with two attached hydrogens (primary N) is 1. The van der Waals surface area contributed by atoms with E-state index in [0.29, 0.717) is 5.56 Å². The first-order valence-electron chi connectivity index (χ1n) is 3.94. The van der Waals surface area contributed by atoms with Crippen molar-refractivity contribution in [3.8, 4) is 0 Å². The van der Waals surface area contributed by atoms with Gasteiger partial charge in [-0.25, -0.2) is 0 Å². The minimum absolute atomic E-state index is 0.0241. The Morgan fingerprint density at radius 3 is 2.40 bits per heavy atom. The lowest BCUT2D eigenvalue weighted by molar-refractivity contribution is -0.137. The summed E-state index contributed by atoms with van der Waals surface area (Å²) in [4.78, 5) is 0.130. The van der Waals surface area contributed by atoms with Crippen LogP contribution in [0.2, 0.25) is 5.02 Å². The third-order valence-electron chi connectivity index (χ3n) is 1.66. The second-order valence-corrected chi connectivity index (χ2v) is 3.95. The molecule has 0 saturated carbocycles. The van der Waals surface area contributed by atoms with Gasteiger partial charge in [0.05, 0.1) is 10.6 Å². The smallest absolute Gasteiger partial charge is 0.393 e. The summed E-state index contributed by atoms with van der Waals surface area (Å²) in [6.45, 7) is 0. The van der Waals surface area contributed by atoms with Crippen LogP contribution in [0.1, 0.15) is 11.1 Å². The van der Waals surface area contributed by atoms with Crippen LogP contribution in [0.15, 0.2) is 18.2 Å². The Bertz CT molecular complexity index is 389. The average Bonchev–Trinajstić information content (AvgIpc) is 1.99. The molecule has 0 fully saturated rings. The van der Waals surface area contributed by atoms with E-state index in [4.69, 9.17) is 17.3 Å². The highest BCUT2D eigenvalue weighted by atomic mass is 35.5. The average molecular weight is 254 g/mol. The van der Waals surface area contributed by atoms with Crippen LogP contribution in [0, 0.1) is 0 Å². The van der Waals surface area contributed by atoms with Crippen molar-refractivity contribution in [2.75, 3.05) is 0 Å². The molecule has 0 amide bonds. The van der Waals surface area contributed by atoms with Crippen molar-refractivity contribution in [1.82, 2.24) is 0 Å². The molecule has 0 aromatic heterocycles. The van der Waals surface area contributed by atoms with Crippen molar-refractivity contribution in [3.63, 3.8) is 0 Å². The number of halogens is 4. The normalized spacial score (nSPS) is 11.5. The summed E-state index contributed by atoms with van der Waals surface area (Å²) in [6.07, 6.45) is -4.30. The molecule has 0 atom stereocenters. The molecule has 0 heterocycles. The zero-order chi connectivity index (χ0) is 11.6. The number of alkyl halides is 3. The SMILES string of the molecule is NC(=S)Cc1cc(Cl)cc(C(F)(F)F)c1. The van der Waals surface area contributed by atoms with Gasteiger partial charge in [0.2, 0.25) is 0 Å². The van der Waals surface area contributed by atoms with E-state index in [2.05, 4.69) is 12.2 Å². The quantitative estimate of drug-likeness (QED) is 0.820. The van der Waals surface area contributed by atoms with E-state index in [0.717, 1.165) is 12.1 Å². The summed E-state index contributed by atoms with van der Waals surface area (Å²) in [6, 6.07) is 3.27. The number of thiocarbonyl (C=S) groups is 1. The topological polar surface area (TPSA) is 26.0 Å². The van der Waals surface area contributed by atoms with Gasteiger partial charge in [-0.3, -0.25) is 0 Å². The molecule has 82 valence electrons. The van der Waals surface area contributed by atoms with E-state index in [1.807, 2.05) is 0 Å². The van der Waals surface area contributed by atoms with Crippen LogP contribution < -0.4 is 5.73 Å². The molecule has 1 nitrogen and oxygen atoms in total. The lowest BCUT2D eigenvalue weighted by atomic mass is 10.1. The van der Waals surface area contributed by atoms with Gasteiger partial charge in [0.25, 0.3) is 0 Å². The number of rotatable bonds is 2. The highest BCUT2D eigenvalue weighted by Gasteiger charge is 2.31. The third kappa shape index (κ3) is 3.68. The lowest BCUT2D eigenvalue weighted by Gasteiger charge is -2.09. The molecule has 0 bridgehead atoms. The zero-order valence-electron chi connectivity index (χ0n) is 7.44. The maximum absolute atomic E-state index is 12.4. The summed E-state index contributed by atoms with van der Waals surface area (Å²) >= 11 is 10.2. The van der Waals surface area contributed by atoms with Crippen molar-refractivity contribution in [2.24, 2.45) is 5.73 Å². The van der Waals surface area contributed by atoms with Gasteiger partial charge in [0.15, 0.2) is 0 Å². The van der Waals surface area contributed by atoms with E-state index in [1.165, 1.54) is 6.07 Å². The largest absolute Gasteiger partial charge is 0.416 e. The molecule has 0 aliphatic rings. The highest BCUT2D eigenvalue weighted by Crippen LogP contribution is 2.31. The molecule has 6 heteroatoms. The molecule has 1 rings (SSSR count). The molecule has 1 aromatic carbocycles. The van der Waals surface area contributed by atoms with E-state index in [1.54, 1.807) is 0 Å². The Labute approximate surface area is 95.0 Å². The maximum atomic E-state index is 12.4. The van der Waals surface area contributed by atoms with Gasteiger partial charge in [0.1, 0.15) is 0 Å². The molecule has 0 saturated heterocycles. The van der Waals surface area contributed by atoms with Gasteiger partial charge in [-0.15, -0.1) is 0 Å². The first kappa shape index (κ1) is 12.3. The predicted octanol–water partition coefficient (Wildman–Crippen LogP) is 3.19. The van der Waals surface area contributed by atoms with Crippen molar-refractivity contribution in [3.05, 3.63) is 34.3 Å². The minimum atomic E-state index is -4.41. The van der Waals surface area contributed by atoms with Crippen molar-refractivity contribution in [1.29, 1.82) is 0 Å². The summed E-state index contributed by atoms with van der Waals surface area (Å²) in [7, 11) is 0. The lowest BCUT2D eigenvalue weighted by Crippen LogP contribution is -2.12. The van der Waals surface area contributed by atoms with Crippen LogP contribution in [-0.4, -0.2) is 4.99 Å². The summed E-state index contributed by atoms with van der Waals surface area (Å²) in [5.74, 6) is 0. The summed E-state index contributed by atoms with van der Waals surface area (Å²) < 4.78 is 37.1. The molecular formula is C9H7ClF3NS. The van der Waals surface area contributed by atoms with Gasteiger partial charge in [-0.1, -0.05) is 23.8 Å². The van der Waals surface area contributed by atoms with Gasteiger partial charge < -0.3 is 5.73 Å². The maximum Gasteiger partial charge on any atom is 0.416 e. The minimum Gasteiger partial charge on any atom is -0.393 e. The number of benzene rings is 1. The van der Waals surface area contributed by atoms with Crippen LogP contribution >= 0.6 is 23.8 Å². The fourth-order valence-corrected chi connectivity index (χ4v) is 1.54. The number of hydrogen-bond donors (Lipinski definition) is 1. The van der Waals surface area contributed by atoms with Gasteiger partial charge in [-0.2, -0.15) is 13.2 Å². The third-order valence-corrected chi connectivity index (χ3v) is 2.03. The standard InChI is InChI=1S/C9H7ClF3NS/c10-7-2-5(3-8(14)15)1-6(4-7)9(11,12)13/h1-2,4H,3H2,(H2,14,15). The molecular weight excluding hydrogens is 247 g/mol. The molecule has 0 aliphatic heterocycles. The Hall–Kier alpha value is -0.810. The van der Waals surface area contributed by atoms with Crippen molar-refractivity contribution >= 4 is 28.8 Å². The monoisotopic (exact) mass is 253 g/mol. The predicted molar refractivity (Wildman–Crippen MR) is 56.9 cm³/mol. The van der Waals surface area contributed by atoms with E-state index < -0.39 is 11.7 Å². The van der Waals surface area contributed by atoms with E-state index in [9.17, 15) is 13.2 Å². The Morgan fingerprint density at radius 1 is 1.33 bits per heavy atom. The van der Waals surface area contributed by atoms with Crippen LogP contribution in [0.5, 0.6) is 0 Å². The molecule has 1 aromatic rings. The van der Waals surface area contributed by atoms with Crippen LogP contribution in [0.25, 0.3) is 0 Å². The van der Waals surface area contributed by atoms with E-state index in [-0.39, 0.29) is 16.4 Å². The molecule has 0 spiro atoms. The first-order valence-corrected chi connectivity index (χ1v) is 4.72. The molecule has 15 heavy (non-hydrogen) atoms. The Balaban J connectivity index is 3.11. The van der Waals surface area contributed by atoms with Crippen LogP contribution in [0.3, 0.4) is 0 Å². The van der Waals surface area contributed by atoms with Gasteiger partial charge in [0, 0.05) is 11.4 Å². The zero-order valence-corrected chi connectivity index (χ0v) is 9.01. The van der Waals surface area contributed by atoms with Gasteiger partial charge in [-0.05, 0) is 23.8 Å². The summed E-state index contributed by atoms with van der Waals surface area (Å²) in [5.41, 5.74) is 4.81. The Morgan fingerprint density at radius 2 is 1.93 bits per heavy atom. The second kappa shape index (κ2) is 4.37.